The van der Waals surface area contributed by atoms with Gasteiger partial charge >= 0.3 is 0 Å². The summed E-state index contributed by atoms with van der Waals surface area (Å²) in [5.74, 6) is -0.442. The van der Waals surface area contributed by atoms with Crippen LogP contribution in [0.4, 0.5) is 11.4 Å². The minimum absolute atomic E-state index is 0.337. The molecule has 0 heterocycles. The Morgan fingerprint density at radius 2 is 1.83 bits per heavy atom. The van der Waals surface area contributed by atoms with Gasteiger partial charge in [0.15, 0.2) is 0 Å². The Balaban J connectivity index is 2.29. The fraction of sp³-hybridized carbons (Fsp3) is 0.188. The molecule has 0 aliphatic rings. The van der Waals surface area contributed by atoms with E-state index in [1.54, 1.807) is 42.5 Å². The topological polar surface area (TPSA) is 66.5 Å². The van der Waals surface area contributed by atoms with Crippen LogP contribution in [0.3, 0.4) is 0 Å². The molecule has 128 valence electrons. The fourth-order valence-electron chi connectivity index (χ4n) is 2.20. The van der Waals surface area contributed by atoms with Crippen LogP contribution >= 0.6 is 27.5 Å². The molecular formula is C16H16BrClN2O3S. The maximum absolute atomic E-state index is 12.5. The molecule has 0 saturated carbocycles. The molecule has 0 aliphatic heterocycles. The first kappa shape index (κ1) is 18.8. The van der Waals surface area contributed by atoms with Gasteiger partial charge in [-0.25, -0.2) is 8.42 Å². The summed E-state index contributed by atoms with van der Waals surface area (Å²) >= 11 is 9.26. The van der Waals surface area contributed by atoms with Crippen LogP contribution in [-0.2, 0) is 14.8 Å². The third kappa shape index (κ3) is 4.72. The zero-order valence-electron chi connectivity index (χ0n) is 13.0. The Morgan fingerprint density at radius 1 is 1.21 bits per heavy atom. The minimum atomic E-state index is -3.67. The number of carbonyl (C=O) groups is 1. The third-order valence-corrected chi connectivity index (χ3v) is 5.27. The molecule has 0 aromatic heterocycles. The molecule has 1 amide bonds. The molecule has 0 radical (unpaired) electrons. The smallest absolute Gasteiger partial charge is 0.247 e. The predicted octanol–water partition coefficient (Wildman–Crippen LogP) is 3.90. The molecule has 1 N–H and O–H groups in total. The van der Waals surface area contributed by atoms with E-state index in [9.17, 15) is 13.2 Å². The number of sulfonamides is 1. The summed E-state index contributed by atoms with van der Waals surface area (Å²) in [5, 5.41) is 3.10. The van der Waals surface area contributed by atoms with Crippen LogP contribution in [-0.4, -0.2) is 26.6 Å². The molecule has 2 aromatic carbocycles. The van der Waals surface area contributed by atoms with Crippen LogP contribution in [0.2, 0.25) is 5.02 Å². The number of benzene rings is 2. The first-order valence-electron chi connectivity index (χ1n) is 7.00. The average molecular weight is 432 g/mol. The van der Waals surface area contributed by atoms with Crippen molar-refractivity contribution in [3.8, 4) is 0 Å². The number of rotatable bonds is 5. The van der Waals surface area contributed by atoms with Gasteiger partial charge in [0.25, 0.3) is 0 Å². The molecule has 0 aliphatic carbocycles. The second kappa shape index (κ2) is 7.55. The van der Waals surface area contributed by atoms with Crippen molar-refractivity contribution in [1.82, 2.24) is 0 Å². The van der Waals surface area contributed by atoms with Gasteiger partial charge in [-0.05, 0) is 49.4 Å². The van der Waals surface area contributed by atoms with Gasteiger partial charge in [0.2, 0.25) is 15.9 Å². The van der Waals surface area contributed by atoms with E-state index in [0.717, 1.165) is 15.0 Å². The number of hydrogen-bond acceptors (Lipinski definition) is 3. The number of anilines is 2. The van der Waals surface area contributed by atoms with E-state index in [1.165, 1.54) is 13.0 Å². The van der Waals surface area contributed by atoms with E-state index in [2.05, 4.69) is 21.2 Å². The predicted molar refractivity (Wildman–Crippen MR) is 101 cm³/mol. The molecule has 0 bridgehead atoms. The van der Waals surface area contributed by atoms with Crippen molar-refractivity contribution >= 4 is 54.8 Å². The highest BCUT2D eigenvalue weighted by molar-refractivity contribution is 9.10. The lowest BCUT2D eigenvalue weighted by atomic mass is 10.2. The molecule has 0 saturated heterocycles. The lowest BCUT2D eigenvalue weighted by Gasteiger charge is -2.28. The van der Waals surface area contributed by atoms with Gasteiger partial charge < -0.3 is 5.32 Å². The summed E-state index contributed by atoms with van der Waals surface area (Å²) in [7, 11) is -3.67. The molecule has 8 heteroatoms. The zero-order valence-corrected chi connectivity index (χ0v) is 16.2. The van der Waals surface area contributed by atoms with E-state index < -0.39 is 22.0 Å². The number of hydrogen-bond donors (Lipinski definition) is 1. The van der Waals surface area contributed by atoms with Crippen molar-refractivity contribution in [2.24, 2.45) is 0 Å². The Kier molecular flexibility index (Phi) is 5.90. The van der Waals surface area contributed by atoms with Crippen molar-refractivity contribution in [3.63, 3.8) is 0 Å². The molecule has 0 unspecified atom stereocenters. The Labute approximate surface area is 154 Å². The highest BCUT2D eigenvalue weighted by Crippen LogP contribution is 2.25. The molecular weight excluding hydrogens is 416 g/mol. The van der Waals surface area contributed by atoms with Crippen LogP contribution < -0.4 is 9.62 Å². The summed E-state index contributed by atoms with van der Waals surface area (Å²) in [4.78, 5) is 12.5. The van der Waals surface area contributed by atoms with E-state index in [-0.39, 0.29) is 0 Å². The summed E-state index contributed by atoms with van der Waals surface area (Å²) < 4.78 is 26.3. The van der Waals surface area contributed by atoms with Crippen LogP contribution in [0.15, 0.2) is 53.0 Å². The van der Waals surface area contributed by atoms with Crippen molar-refractivity contribution in [2.45, 2.75) is 13.0 Å². The normalized spacial score (nSPS) is 12.5. The number of carbonyl (C=O) groups excluding carboxylic acids is 1. The highest BCUT2D eigenvalue weighted by Gasteiger charge is 2.29. The largest absolute Gasteiger partial charge is 0.324 e. The molecule has 0 fully saturated rings. The van der Waals surface area contributed by atoms with Crippen LogP contribution in [0.1, 0.15) is 6.92 Å². The first-order chi connectivity index (χ1) is 11.2. The Morgan fingerprint density at radius 3 is 2.38 bits per heavy atom. The van der Waals surface area contributed by atoms with Gasteiger partial charge in [0, 0.05) is 15.2 Å². The van der Waals surface area contributed by atoms with E-state index >= 15 is 0 Å². The number of nitrogens with zero attached hydrogens (tertiary/aromatic N) is 1. The molecule has 24 heavy (non-hydrogen) atoms. The van der Waals surface area contributed by atoms with Crippen molar-refractivity contribution in [3.05, 3.63) is 58.0 Å². The van der Waals surface area contributed by atoms with Gasteiger partial charge in [0.1, 0.15) is 6.04 Å². The first-order valence-corrected chi connectivity index (χ1v) is 10.0. The minimum Gasteiger partial charge on any atom is -0.324 e. The molecule has 5 nitrogen and oxygen atoms in total. The zero-order chi connectivity index (χ0) is 17.9. The SMILES string of the molecule is C[C@@H](C(=O)Nc1ccc(Br)cc1)N(c1cccc(Cl)c1)S(C)(=O)=O. The van der Waals surface area contributed by atoms with E-state index in [0.29, 0.717) is 16.4 Å². The lowest BCUT2D eigenvalue weighted by molar-refractivity contribution is -0.116. The molecule has 2 rings (SSSR count). The Bertz CT molecular complexity index is 841. The van der Waals surface area contributed by atoms with Crippen molar-refractivity contribution in [2.75, 3.05) is 15.9 Å². The second-order valence-electron chi connectivity index (χ2n) is 5.21. The number of halogens is 2. The molecule has 1 atom stereocenters. The van der Waals surface area contributed by atoms with Crippen LogP contribution in [0.5, 0.6) is 0 Å². The number of amides is 1. The van der Waals surface area contributed by atoms with Crippen molar-refractivity contribution in [1.29, 1.82) is 0 Å². The Hall–Kier alpha value is -1.57. The fourth-order valence-corrected chi connectivity index (χ4v) is 3.82. The van der Waals surface area contributed by atoms with Crippen LogP contribution in [0, 0.1) is 0 Å². The van der Waals surface area contributed by atoms with Gasteiger partial charge in [-0.1, -0.05) is 33.6 Å². The average Bonchev–Trinajstić information content (AvgIpc) is 2.48. The van der Waals surface area contributed by atoms with Crippen molar-refractivity contribution < 1.29 is 13.2 Å². The van der Waals surface area contributed by atoms with Gasteiger partial charge in [0.05, 0.1) is 11.9 Å². The maximum Gasteiger partial charge on any atom is 0.247 e. The number of nitrogens with one attached hydrogen (secondary N) is 1. The van der Waals surface area contributed by atoms with Gasteiger partial charge in [-0.3, -0.25) is 9.10 Å². The second-order valence-corrected chi connectivity index (χ2v) is 8.42. The monoisotopic (exact) mass is 430 g/mol. The quantitative estimate of drug-likeness (QED) is 0.781. The third-order valence-electron chi connectivity index (χ3n) is 3.26. The summed E-state index contributed by atoms with van der Waals surface area (Å²) in [5.41, 5.74) is 0.915. The summed E-state index contributed by atoms with van der Waals surface area (Å²) in [6, 6.07) is 12.4. The van der Waals surface area contributed by atoms with Crippen LogP contribution in [0.25, 0.3) is 0 Å². The summed E-state index contributed by atoms with van der Waals surface area (Å²) in [6.45, 7) is 1.52. The van der Waals surface area contributed by atoms with E-state index in [1.807, 2.05) is 0 Å². The summed E-state index contributed by atoms with van der Waals surface area (Å²) in [6.07, 6.45) is 1.05. The van der Waals surface area contributed by atoms with Gasteiger partial charge in [-0.2, -0.15) is 0 Å². The lowest BCUT2D eigenvalue weighted by Crippen LogP contribution is -2.45. The standard InChI is InChI=1S/C16H16BrClN2O3S/c1-11(16(21)19-14-8-6-12(17)7-9-14)20(24(2,22)23)15-5-3-4-13(18)10-15/h3-11H,1-2H3,(H,19,21)/t11-/m0/s1. The molecule has 0 spiro atoms. The van der Waals surface area contributed by atoms with E-state index in [4.69, 9.17) is 11.6 Å². The van der Waals surface area contributed by atoms with Gasteiger partial charge in [-0.15, -0.1) is 0 Å². The molecule has 2 aromatic rings. The highest BCUT2D eigenvalue weighted by atomic mass is 79.9. The maximum atomic E-state index is 12.5.